The average molecular weight is 415 g/mol. The summed E-state index contributed by atoms with van der Waals surface area (Å²) in [4.78, 5) is 28.0. The molecule has 1 amide bonds. The summed E-state index contributed by atoms with van der Waals surface area (Å²) in [5, 5.41) is 7.96. The molecule has 0 aliphatic heterocycles. The second-order valence-corrected chi connectivity index (χ2v) is 6.71. The summed E-state index contributed by atoms with van der Waals surface area (Å²) in [6.45, 7) is -0.341. The van der Waals surface area contributed by atoms with Crippen LogP contribution < -0.4 is 15.4 Å². The van der Waals surface area contributed by atoms with Crippen molar-refractivity contribution >= 4 is 34.0 Å². The fourth-order valence-electron chi connectivity index (χ4n) is 2.32. The van der Waals surface area contributed by atoms with Gasteiger partial charge in [-0.15, -0.1) is 11.3 Å². The highest BCUT2D eigenvalue weighted by atomic mass is 32.1. The van der Waals surface area contributed by atoms with Crippen LogP contribution in [0.1, 0.15) is 16.1 Å². The molecule has 0 spiro atoms. The smallest absolute Gasteiger partial charge is 0.325 e. The van der Waals surface area contributed by atoms with E-state index in [9.17, 15) is 14.0 Å². The molecule has 3 rings (SSSR count). The lowest BCUT2D eigenvalue weighted by atomic mass is 10.2. The Morgan fingerprint density at radius 1 is 1.17 bits per heavy atom. The highest BCUT2D eigenvalue weighted by Gasteiger charge is 2.11. The molecule has 3 aromatic rings. The van der Waals surface area contributed by atoms with Crippen LogP contribution in [0.3, 0.4) is 0 Å². The Labute approximate surface area is 170 Å². The van der Waals surface area contributed by atoms with Gasteiger partial charge in [-0.2, -0.15) is 0 Å². The molecule has 1 heterocycles. The lowest BCUT2D eigenvalue weighted by Gasteiger charge is -2.06. The highest BCUT2D eigenvalue weighted by molar-refractivity contribution is 7.13. The molecule has 2 N–H and O–H groups in total. The molecule has 0 radical (unpaired) electrons. The summed E-state index contributed by atoms with van der Waals surface area (Å²) in [6, 6.07) is 12.6. The van der Waals surface area contributed by atoms with Crippen LogP contribution in [0.5, 0.6) is 5.75 Å². The predicted octanol–water partition coefficient (Wildman–Crippen LogP) is 3.51. The van der Waals surface area contributed by atoms with Gasteiger partial charge >= 0.3 is 5.97 Å². The maximum Gasteiger partial charge on any atom is 0.325 e. The number of carbonyl (C=O) groups is 2. The second-order valence-electron chi connectivity index (χ2n) is 5.85. The number of thiazole rings is 1. The van der Waals surface area contributed by atoms with Gasteiger partial charge < -0.3 is 20.1 Å². The Hall–Kier alpha value is -3.46. The van der Waals surface area contributed by atoms with Gasteiger partial charge in [-0.3, -0.25) is 9.59 Å². The number of amides is 1. The Bertz CT molecular complexity index is 991. The predicted molar refractivity (Wildman–Crippen MR) is 107 cm³/mol. The standard InChI is InChI=1S/C20H18FN3O4S/c1-27-17-7-5-15(6-8-17)23-20-24-16(12-29-20)11-28-18(25)10-22-19(26)13-3-2-4-14(21)9-13/h2-9,12H,10-11H2,1H3,(H,22,26)(H,23,24). The van der Waals surface area contributed by atoms with Gasteiger partial charge in [0.1, 0.15) is 24.7 Å². The van der Waals surface area contributed by atoms with Crippen LogP contribution in [0.2, 0.25) is 0 Å². The number of nitrogens with zero attached hydrogens (tertiary/aromatic N) is 1. The number of aromatic nitrogens is 1. The molecule has 0 unspecified atom stereocenters. The van der Waals surface area contributed by atoms with Crippen molar-refractivity contribution in [2.24, 2.45) is 0 Å². The lowest BCUT2D eigenvalue weighted by Crippen LogP contribution is -2.30. The normalized spacial score (nSPS) is 10.3. The summed E-state index contributed by atoms with van der Waals surface area (Å²) in [5.74, 6) is -0.942. The number of rotatable bonds is 8. The summed E-state index contributed by atoms with van der Waals surface area (Å²) in [7, 11) is 1.60. The molecule has 0 bridgehead atoms. The first kappa shape index (κ1) is 20.3. The maximum absolute atomic E-state index is 13.1. The van der Waals surface area contributed by atoms with E-state index in [1.165, 1.54) is 29.5 Å². The van der Waals surface area contributed by atoms with E-state index in [0.29, 0.717) is 10.8 Å². The Kier molecular flexibility index (Phi) is 6.75. The van der Waals surface area contributed by atoms with E-state index in [2.05, 4.69) is 15.6 Å². The molecule has 9 heteroatoms. The van der Waals surface area contributed by atoms with Crippen LogP contribution in [0.4, 0.5) is 15.2 Å². The largest absolute Gasteiger partial charge is 0.497 e. The fourth-order valence-corrected chi connectivity index (χ4v) is 3.03. The number of carbonyl (C=O) groups excluding carboxylic acids is 2. The molecule has 0 fully saturated rings. The van der Waals surface area contributed by atoms with Crippen molar-refractivity contribution in [2.45, 2.75) is 6.61 Å². The first-order chi connectivity index (χ1) is 14.0. The summed E-state index contributed by atoms with van der Waals surface area (Å²) >= 11 is 1.37. The first-order valence-electron chi connectivity index (χ1n) is 8.58. The van der Waals surface area contributed by atoms with Crippen LogP contribution in [-0.2, 0) is 16.1 Å². The van der Waals surface area contributed by atoms with Crippen molar-refractivity contribution in [1.29, 1.82) is 0 Å². The van der Waals surface area contributed by atoms with Crippen molar-refractivity contribution in [3.8, 4) is 5.75 Å². The minimum Gasteiger partial charge on any atom is -0.497 e. The third kappa shape index (κ3) is 6.01. The third-order valence-electron chi connectivity index (χ3n) is 3.75. The summed E-state index contributed by atoms with van der Waals surface area (Å²) in [5.41, 5.74) is 1.56. The van der Waals surface area contributed by atoms with Gasteiger partial charge in [0, 0.05) is 16.6 Å². The van der Waals surface area contributed by atoms with Gasteiger partial charge in [0.25, 0.3) is 5.91 Å². The van der Waals surface area contributed by atoms with Gasteiger partial charge in [0.15, 0.2) is 5.13 Å². The van der Waals surface area contributed by atoms with Crippen LogP contribution in [0.15, 0.2) is 53.9 Å². The molecule has 0 saturated heterocycles. The average Bonchev–Trinajstić information content (AvgIpc) is 3.18. The minimum absolute atomic E-state index is 0.0184. The van der Waals surface area contributed by atoms with Crippen LogP contribution in [0, 0.1) is 5.82 Å². The molecular formula is C20H18FN3O4S. The Balaban J connectivity index is 1.44. The van der Waals surface area contributed by atoms with E-state index in [4.69, 9.17) is 9.47 Å². The van der Waals surface area contributed by atoms with E-state index in [1.54, 1.807) is 12.5 Å². The van der Waals surface area contributed by atoms with Crippen LogP contribution in [-0.4, -0.2) is 30.5 Å². The Morgan fingerprint density at radius 2 is 1.97 bits per heavy atom. The zero-order valence-corrected chi connectivity index (χ0v) is 16.3. The van der Waals surface area contributed by atoms with Gasteiger partial charge in [-0.1, -0.05) is 6.07 Å². The maximum atomic E-state index is 13.1. The topological polar surface area (TPSA) is 89.5 Å². The molecule has 0 atom stereocenters. The molecular weight excluding hydrogens is 397 g/mol. The van der Waals surface area contributed by atoms with Crippen molar-refractivity contribution in [1.82, 2.24) is 10.3 Å². The van der Waals surface area contributed by atoms with Gasteiger partial charge in [-0.05, 0) is 42.5 Å². The summed E-state index contributed by atoms with van der Waals surface area (Å²) in [6.07, 6.45) is 0. The number of ether oxygens (including phenoxy) is 2. The van der Waals surface area contributed by atoms with Crippen molar-refractivity contribution < 1.29 is 23.5 Å². The molecule has 150 valence electrons. The minimum atomic E-state index is -0.618. The second kappa shape index (κ2) is 9.65. The summed E-state index contributed by atoms with van der Waals surface area (Å²) < 4.78 is 23.3. The molecule has 0 saturated carbocycles. The van der Waals surface area contributed by atoms with E-state index < -0.39 is 17.7 Å². The monoisotopic (exact) mass is 415 g/mol. The van der Waals surface area contributed by atoms with E-state index in [-0.39, 0.29) is 18.7 Å². The molecule has 0 aliphatic rings. The van der Waals surface area contributed by atoms with Gasteiger partial charge in [0.05, 0.1) is 12.8 Å². The number of anilines is 2. The third-order valence-corrected chi connectivity index (χ3v) is 4.56. The van der Waals surface area contributed by atoms with Crippen molar-refractivity contribution in [2.75, 3.05) is 19.0 Å². The molecule has 1 aromatic heterocycles. The number of nitrogens with one attached hydrogen (secondary N) is 2. The number of halogens is 1. The van der Waals surface area contributed by atoms with E-state index >= 15 is 0 Å². The molecule has 29 heavy (non-hydrogen) atoms. The van der Waals surface area contributed by atoms with Gasteiger partial charge in [0.2, 0.25) is 0 Å². The SMILES string of the molecule is COc1ccc(Nc2nc(COC(=O)CNC(=O)c3cccc(F)c3)cs2)cc1. The zero-order chi connectivity index (χ0) is 20.6. The quantitative estimate of drug-likeness (QED) is 0.548. The Morgan fingerprint density at radius 3 is 2.69 bits per heavy atom. The number of esters is 1. The van der Waals surface area contributed by atoms with Crippen LogP contribution >= 0.6 is 11.3 Å². The first-order valence-corrected chi connectivity index (χ1v) is 9.46. The fraction of sp³-hybridized carbons (Fsp3) is 0.150. The molecule has 2 aromatic carbocycles. The number of hydrogen-bond acceptors (Lipinski definition) is 7. The molecule has 0 aliphatic carbocycles. The lowest BCUT2D eigenvalue weighted by molar-refractivity contribution is -0.143. The highest BCUT2D eigenvalue weighted by Crippen LogP contribution is 2.23. The van der Waals surface area contributed by atoms with Crippen molar-refractivity contribution in [3.05, 3.63) is 71.0 Å². The van der Waals surface area contributed by atoms with E-state index in [0.717, 1.165) is 17.5 Å². The number of hydrogen-bond donors (Lipinski definition) is 2. The molecule has 7 nitrogen and oxygen atoms in total. The van der Waals surface area contributed by atoms with Crippen molar-refractivity contribution in [3.63, 3.8) is 0 Å². The zero-order valence-electron chi connectivity index (χ0n) is 15.5. The van der Waals surface area contributed by atoms with E-state index in [1.807, 2.05) is 24.3 Å². The number of benzene rings is 2. The number of methoxy groups -OCH3 is 1. The van der Waals surface area contributed by atoms with Crippen LogP contribution in [0.25, 0.3) is 0 Å². The van der Waals surface area contributed by atoms with Gasteiger partial charge in [-0.25, -0.2) is 9.37 Å².